The van der Waals surface area contributed by atoms with E-state index in [2.05, 4.69) is 27.7 Å². The second kappa shape index (κ2) is 11.8. The van der Waals surface area contributed by atoms with E-state index in [4.69, 9.17) is 9.47 Å². The van der Waals surface area contributed by atoms with Gasteiger partial charge in [0.05, 0.1) is 6.61 Å². The SMILES string of the molecule is CCCCCCCCCCCCCC(=O)O[C@H]1[C@@H]2C=C(CO)C[C@]3(O)C(=O)C(C)=C[C@]34O[C@]24[C@H](C)CC1(C)C. The second-order valence-corrected chi connectivity index (χ2v) is 13.6. The third-order valence-electron chi connectivity index (χ3n) is 10.1. The first-order valence-corrected chi connectivity index (χ1v) is 15.7. The number of epoxide rings is 1. The fraction of sp³-hybridized carbons (Fsp3) is 0.818. The standard InChI is InChI=1S/C33H52O6/c1-6-7-8-9-10-11-12-13-14-15-16-17-27(35)38-29-26-18-25(22-34)21-31(37)28(36)23(2)19-32(31)33(26,39-32)24(3)20-30(29,4)5/h18-19,24,26,29,34,37H,6-17,20-22H2,1-5H3/t24-,26+,29+,31+,32+,33-/m1/s1. The normalized spacial score (nSPS) is 36.3. The van der Waals surface area contributed by atoms with Gasteiger partial charge in [-0.15, -0.1) is 0 Å². The van der Waals surface area contributed by atoms with Crippen LogP contribution in [0.1, 0.15) is 125 Å². The summed E-state index contributed by atoms with van der Waals surface area (Å²) in [6.07, 6.45) is 17.9. The van der Waals surface area contributed by atoms with Crippen LogP contribution in [0, 0.1) is 17.3 Å². The topological polar surface area (TPSA) is 96.4 Å². The highest BCUT2D eigenvalue weighted by molar-refractivity contribution is 6.07. The molecule has 1 heterocycles. The molecule has 0 aromatic rings. The van der Waals surface area contributed by atoms with Crippen molar-refractivity contribution in [3.05, 3.63) is 23.3 Å². The maximum atomic E-state index is 13.2. The molecule has 1 saturated carbocycles. The molecule has 3 aliphatic carbocycles. The molecule has 2 fully saturated rings. The molecule has 6 heteroatoms. The number of hydrogen-bond acceptors (Lipinski definition) is 6. The van der Waals surface area contributed by atoms with Gasteiger partial charge >= 0.3 is 5.97 Å². The van der Waals surface area contributed by atoms with Gasteiger partial charge in [0.15, 0.2) is 17.0 Å². The number of Topliss-reactive ketones (excluding diaryl/α,β-unsaturated/α-hetero) is 1. The summed E-state index contributed by atoms with van der Waals surface area (Å²) < 4.78 is 12.8. The predicted octanol–water partition coefficient (Wildman–Crippen LogP) is 6.37. The number of rotatable bonds is 14. The molecule has 0 aromatic heterocycles. The number of aliphatic hydroxyl groups is 2. The Morgan fingerprint density at radius 2 is 1.64 bits per heavy atom. The predicted molar refractivity (Wildman–Crippen MR) is 152 cm³/mol. The van der Waals surface area contributed by atoms with E-state index in [1.54, 1.807) is 13.0 Å². The quantitative estimate of drug-likeness (QED) is 0.114. The average Bonchev–Trinajstić information content (AvgIpc) is 3.54. The Balaban J connectivity index is 1.37. The smallest absolute Gasteiger partial charge is 0.306 e. The number of carbonyl (C=O) groups is 2. The molecule has 220 valence electrons. The Morgan fingerprint density at radius 3 is 2.23 bits per heavy atom. The molecule has 2 N–H and O–H groups in total. The number of esters is 1. The lowest BCUT2D eigenvalue weighted by Crippen LogP contribution is -2.59. The van der Waals surface area contributed by atoms with Crippen molar-refractivity contribution in [2.24, 2.45) is 17.3 Å². The van der Waals surface area contributed by atoms with Crippen LogP contribution in [0.15, 0.2) is 23.3 Å². The van der Waals surface area contributed by atoms with Crippen molar-refractivity contribution in [2.75, 3.05) is 6.61 Å². The minimum absolute atomic E-state index is 0.0230. The molecule has 1 aliphatic heterocycles. The number of unbranched alkanes of at least 4 members (excludes halogenated alkanes) is 10. The summed E-state index contributed by atoms with van der Waals surface area (Å²) in [4.78, 5) is 26.3. The number of carbonyl (C=O) groups excluding carboxylic acids is 2. The van der Waals surface area contributed by atoms with E-state index in [-0.39, 0.29) is 42.0 Å². The van der Waals surface area contributed by atoms with Crippen LogP contribution in [0.5, 0.6) is 0 Å². The Kier molecular flexibility index (Phi) is 9.20. The van der Waals surface area contributed by atoms with Crippen molar-refractivity contribution in [3.63, 3.8) is 0 Å². The minimum atomic E-state index is -1.74. The second-order valence-electron chi connectivity index (χ2n) is 13.6. The number of ketones is 1. The van der Waals surface area contributed by atoms with Crippen LogP contribution in [-0.2, 0) is 19.1 Å². The van der Waals surface area contributed by atoms with Gasteiger partial charge in [0.25, 0.3) is 0 Å². The molecule has 6 atom stereocenters. The van der Waals surface area contributed by atoms with Crippen LogP contribution in [0.3, 0.4) is 0 Å². The molecule has 39 heavy (non-hydrogen) atoms. The van der Waals surface area contributed by atoms with E-state index >= 15 is 0 Å². The molecule has 0 aromatic carbocycles. The van der Waals surface area contributed by atoms with E-state index in [1.807, 2.05) is 6.08 Å². The van der Waals surface area contributed by atoms with Crippen LogP contribution in [0.2, 0.25) is 0 Å². The summed E-state index contributed by atoms with van der Waals surface area (Å²) in [5, 5.41) is 21.9. The molecular weight excluding hydrogens is 492 g/mol. The van der Waals surface area contributed by atoms with Gasteiger partial charge in [-0.3, -0.25) is 9.59 Å². The van der Waals surface area contributed by atoms with Gasteiger partial charge in [-0.05, 0) is 42.9 Å². The summed E-state index contributed by atoms with van der Waals surface area (Å²) in [5.74, 6) is -0.865. The van der Waals surface area contributed by atoms with Crippen molar-refractivity contribution in [1.29, 1.82) is 0 Å². The lowest BCUT2D eigenvalue weighted by Gasteiger charge is -2.49. The first-order valence-electron chi connectivity index (χ1n) is 15.7. The summed E-state index contributed by atoms with van der Waals surface area (Å²) >= 11 is 0. The van der Waals surface area contributed by atoms with Gasteiger partial charge in [0.1, 0.15) is 11.7 Å². The zero-order valence-electron chi connectivity index (χ0n) is 25.0. The Labute approximate surface area is 235 Å². The van der Waals surface area contributed by atoms with Gasteiger partial charge in [-0.1, -0.05) is 98.0 Å². The largest absolute Gasteiger partial charge is 0.461 e. The molecule has 4 aliphatic rings. The van der Waals surface area contributed by atoms with Crippen molar-refractivity contribution in [2.45, 2.75) is 147 Å². The molecule has 1 saturated heterocycles. The molecule has 4 rings (SSSR count). The van der Waals surface area contributed by atoms with Crippen molar-refractivity contribution < 1.29 is 29.3 Å². The zero-order chi connectivity index (χ0) is 28.5. The van der Waals surface area contributed by atoms with E-state index in [0.29, 0.717) is 17.6 Å². The lowest BCUT2D eigenvalue weighted by molar-refractivity contribution is -0.169. The Bertz CT molecular complexity index is 981. The summed E-state index contributed by atoms with van der Waals surface area (Å²) in [6, 6.07) is 0. The fourth-order valence-corrected chi connectivity index (χ4v) is 8.19. The highest BCUT2D eigenvalue weighted by atomic mass is 16.7. The van der Waals surface area contributed by atoms with E-state index < -0.39 is 22.9 Å². The van der Waals surface area contributed by atoms with Gasteiger partial charge < -0.3 is 19.7 Å². The van der Waals surface area contributed by atoms with Gasteiger partial charge in [0.2, 0.25) is 0 Å². The molecule has 0 radical (unpaired) electrons. The van der Waals surface area contributed by atoms with E-state index in [9.17, 15) is 19.8 Å². The highest BCUT2D eigenvalue weighted by Crippen LogP contribution is 2.73. The lowest BCUT2D eigenvalue weighted by atomic mass is 9.56. The van der Waals surface area contributed by atoms with Crippen LogP contribution in [-0.4, -0.2) is 51.5 Å². The van der Waals surface area contributed by atoms with Gasteiger partial charge in [-0.25, -0.2) is 0 Å². The van der Waals surface area contributed by atoms with Gasteiger partial charge in [0, 0.05) is 24.2 Å². The molecular formula is C33H52O6. The van der Waals surface area contributed by atoms with Crippen molar-refractivity contribution in [1.82, 2.24) is 0 Å². The number of ether oxygens (including phenoxy) is 2. The first-order chi connectivity index (χ1) is 18.5. The highest BCUT2D eigenvalue weighted by Gasteiger charge is 2.87. The minimum Gasteiger partial charge on any atom is -0.461 e. The fourth-order valence-electron chi connectivity index (χ4n) is 8.19. The maximum Gasteiger partial charge on any atom is 0.306 e. The van der Waals surface area contributed by atoms with E-state index in [1.165, 1.54) is 51.4 Å². The Morgan fingerprint density at radius 1 is 1.05 bits per heavy atom. The summed E-state index contributed by atoms with van der Waals surface area (Å²) in [7, 11) is 0. The molecule has 6 nitrogen and oxygen atoms in total. The number of hydrogen-bond donors (Lipinski definition) is 2. The van der Waals surface area contributed by atoms with Crippen molar-refractivity contribution in [3.8, 4) is 0 Å². The third-order valence-corrected chi connectivity index (χ3v) is 10.1. The average molecular weight is 545 g/mol. The van der Waals surface area contributed by atoms with Crippen LogP contribution in [0.25, 0.3) is 0 Å². The summed E-state index contributed by atoms with van der Waals surface area (Å²) in [6.45, 7) is 10.1. The monoisotopic (exact) mass is 544 g/mol. The van der Waals surface area contributed by atoms with E-state index in [0.717, 1.165) is 25.7 Å². The molecule has 0 unspecified atom stereocenters. The molecule has 0 bridgehead atoms. The van der Waals surface area contributed by atoms with Crippen LogP contribution >= 0.6 is 0 Å². The number of aliphatic hydroxyl groups excluding tert-OH is 1. The molecule has 2 spiro atoms. The maximum absolute atomic E-state index is 13.2. The van der Waals surface area contributed by atoms with Crippen molar-refractivity contribution >= 4 is 11.8 Å². The third kappa shape index (κ3) is 5.30. The van der Waals surface area contributed by atoms with Crippen LogP contribution < -0.4 is 0 Å². The Hall–Kier alpha value is -1.50. The first kappa shape index (κ1) is 30.5. The van der Waals surface area contributed by atoms with Crippen LogP contribution in [0.4, 0.5) is 0 Å². The zero-order valence-corrected chi connectivity index (χ0v) is 25.0. The molecule has 0 amide bonds. The van der Waals surface area contributed by atoms with Gasteiger partial charge in [-0.2, -0.15) is 0 Å². The summed E-state index contributed by atoms with van der Waals surface area (Å²) in [5.41, 5.74) is -2.95.